The monoisotopic (exact) mass is 395 g/mol. The van der Waals surface area contributed by atoms with E-state index in [-0.39, 0.29) is 10.2 Å². The lowest BCUT2D eigenvalue weighted by Crippen LogP contribution is -2.44. The van der Waals surface area contributed by atoms with Gasteiger partial charge in [0.25, 0.3) is 11.8 Å². The highest BCUT2D eigenvalue weighted by molar-refractivity contribution is 8.26. The van der Waals surface area contributed by atoms with E-state index in [1.807, 2.05) is 30.3 Å². The Morgan fingerprint density at radius 2 is 2.11 bits per heavy atom. The zero-order valence-corrected chi connectivity index (χ0v) is 15.8. The molecule has 1 aliphatic heterocycles. The number of hydrazine groups is 1. The molecule has 2 aromatic heterocycles. The first kappa shape index (κ1) is 17.4. The number of pyridine rings is 1. The smallest absolute Gasteiger partial charge is 0.285 e. The molecule has 0 unspecified atom stereocenters. The molecule has 134 valence electrons. The number of aromatic nitrogens is 1. The molecule has 0 saturated carbocycles. The number of thioether (sulfide) groups is 1. The molecular formula is C19H13N3O3S2. The predicted molar refractivity (Wildman–Crippen MR) is 108 cm³/mol. The van der Waals surface area contributed by atoms with E-state index in [1.54, 1.807) is 25.3 Å². The van der Waals surface area contributed by atoms with E-state index >= 15 is 0 Å². The predicted octanol–water partition coefficient (Wildman–Crippen LogP) is 3.68. The number of thiocarbonyl (C=S) groups is 1. The van der Waals surface area contributed by atoms with Crippen LogP contribution in [-0.2, 0) is 4.79 Å². The summed E-state index contributed by atoms with van der Waals surface area (Å²) in [6.45, 7) is 1.67. The number of aryl methyl sites for hydroxylation is 1. The quantitative estimate of drug-likeness (QED) is 0.539. The summed E-state index contributed by atoms with van der Waals surface area (Å²) >= 11 is 6.39. The third-order valence-corrected chi connectivity index (χ3v) is 5.36. The number of amides is 2. The number of furan rings is 1. The highest BCUT2D eigenvalue weighted by Gasteiger charge is 2.34. The standard InChI is InChI=1S/C19H13N3O3S2/c1-11-14(7-9-25-11)17(23)21-22-18(24)15(27-19(22)26)10-13-5-2-4-12-6-3-8-20-16(12)13/h2-10H,1H3,(H,21,23)/b15-10-. The third kappa shape index (κ3) is 3.24. The Kier molecular flexibility index (Phi) is 4.51. The summed E-state index contributed by atoms with van der Waals surface area (Å²) in [4.78, 5) is 29.9. The van der Waals surface area contributed by atoms with Crippen LogP contribution in [0.25, 0.3) is 17.0 Å². The molecule has 8 heteroatoms. The van der Waals surface area contributed by atoms with E-state index in [1.165, 1.54) is 6.26 Å². The van der Waals surface area contributed by atoms with Crippen LogP contribution in [0.15, 0.2) is 58.2 Å². The van der Waals surface area contributed by atoms with Crippen molar-refractivity contribution in [2.75, 3.05) is 0 Å². The summed E-state index contributed by atoms with van der Waals surface area (Å²) in [7, 11) is 0. The van der Waals surface area contributed by atoms with Crippen molar-refractivity contribution in [1.82, 2.24) is 15.4 Å². The maximum Gasteiger partial charge on any atom is 0.285 e. The van der Waals surface area contributed by atoms with Crippen molar-refractivity contribution < 1.29 is 14.0 Å². The van der Waals surface area contributed by atoms with Gasteiger partial charge < -0.3 is 4.42 Å². The maximum absolute atomic E-state index is 12.7. The molecule has 0 aliphatic carbocycles. The second-order valence-corrected chi connectivity index (χ2v) is 7.45. The van der Waals surface area contributed by atoms with Gasteiger partial charge in [-0.3, -0.25) is 20.0 Å². The average Bonchev–Trinajstić information content (AvgIpc) is 3.20. The minimum absolute atomic E-state index is 0.258. The summed E-state index contributed by atoms with van der Waals surface area (Å²) in [5.41, 5.74) is 4.50. The lowest BCUT2D eigenvalue weighted by Gasteiger charge is -2.15. The number of nitrogens with one attached hydrogen (secondary N) is 1. The van der Waals surface area contributed by atoms with Gasteiger partial charge in [-0.25, -0.2) is 0 Å². The Labute approximate surface area is 164 Å². The first-order valence-electron chi connectivity index (χ1n) is 8.01. The summed E-state index contributed by atoms with van der Waals surface area (Å²) in [6, 6.07) is 11.1. The first-order valence-corrected chi connectivity index (χ1v) is 9.24. The largest absolute Gasteiger partial charge is 0.469 e. The molecule has 1 aromatic carbocycles. The van der Waals surface area contributed by atoms with Gasteiger partial charge in [0.05, 0.1) is 22.2 Å². The Morgan fingerprint density at radius 1 is 1.30 bits per heavy atom. The molecule has 1 N–H and O–H groups in total. The van der Waals surface area contributed by atoms with Gasteiger partial charge in [0, 0.05) is 17.1 Å². The van der Waals surface area contributed by atoms with Gasteiger partial charge in [0.2, 0.25) is 0 Å². The van der Waals surface area contributed by atoms with Crippen molar-refractivity contribution in [3.05, 3.63) is 70.7 Å². The van der Waals surface area contributed by atoms with Crippen LogP contribution in [0.3, 0.4) is 0 Å². The zero-order chi connectivity index (χ0) is 19.0. The van der Waals surface area contributed by atoms with E-state index < -0.39 is 5.91 Å². The fourth-order valence-electron chi connectivity index (χ4n) is 2.73. The number of para-hydroxylation sites is 1. The molecule has 1 aliphatic rings. The number of fused-ring (bicyclic) bond motifs is 1. The van der Waals surface area contributed by atoms with Gasteiger partial charge in [0.15, 0.2) is 4.32 Å². The normalized spacial score (nSPS) is 15.7. The number of carbonyl (C=O) groups excluding carboxylic acids is 2. The Morgan fingerprint density at radius 3 is 2.89 bits per heavy atom. The average molecular weight is 395 g/mol. The van der Waals surface area contributed by atoms with Crippen molar-refractivity contribution >= 4 is 57.1 Å². The molecule has 27 heavy (non-hydrogen) atoms. The van der Waals surface area contributed by atoms with Crippen LogP contribution in [0.4, 0.5) is 0 Å². The van der Waals surface area contributed by atoms with Crippen LogP contribution in [-0.4, -0.2) is 26.1 Å². The summed E-state index contributed by atoms with van der Waals surface area (Å²) in [5.74, 6) is -0.367. The summed E-state index contributed by atoms with van der Waals surface area (Å²) in [5, 5.41) is 2.06. The van der Waals surface area contributed by atoms with Crippen LogP contribution in [0.5, 0.6) is 0 Å². The Balaban J connectivity index is 1.62. The zero-order valence-electron chi connectivity index (χ0n) is 14.1. The number of benzene rings is 1. The van der Waals surface area contributed by atoms with Gasteiger partial charge in [-0.1, -0.05) is 36.0 Å². The molecule has 2 amide bonds. The van der Waals surface area contributed by atoms with Crippen LogP contribution in [0.1, 0.15) is 21.7 Å². The second-order valence-electron chi connectivity index (χ2n) is 5.77. The molecule has 0 radical (unpaired) electrons. The topological polar surface area (TPSA) is 75.4 Å². The van der Waals surface area contributed by atoms with Gasteiger partial charge >= 0.3 is 0 Å². The van der Waals surface area contributed by atoms with E-state index in [9.17, 15) is 9.59 Å². The molecular weight excluding hydrogens is 382 g/mol. The number of hydrogen-bond acceptors (Lipinski definition) is 6. The van der Waals surface area contributed by atoms with Crippen LogP contribution in [0, 0.1) is 6.92 Å². The lowest BCUT2D eigenvalue weighted by molar-refractivity contribution is -0.123. The van der Waals surface area contributed by atoms with E-state index in [0.29, 0.717) is 16.2 Å². The molecule has 3 aromatic rings. The molecule has 0 atom stereocenters. The minimum Gasteiger partial charge on any atom is -0.469 e. The van der Waals surface area contributed by atoms with Crippen LogP contribution >= 0.6 is 24.0 Å². The molecule has 4 rings (SSSR count). The van der Waals surface area contributed by atoms with Crippen molar-refractivity contribution in [3.8, 4) is 0 Å². The molecule has 0 bridgehead atoms. The number of hydrogen-bond donors (Lipinski definition) is 1. The molecule has 0 spiro atoms. The number of nitrogens with zero attached hydrogens (tertiary/aromatic N) is 2. The molecule has 6 nitrogen and oxygen atoms in total. The van der Waals surface area contributed by atoms with Crippen molar-refractivity contribution in [2.24, 2.45) is 0 Å². The van der Waals surface area contributed by atoms with E-state index in [4.69, 9.17) is 16.6 Å². The highest BCUT2D eigenvalue weighted by Crippen LogP contribution is 2.32. The highest BCUT2D eigenvalue weighted by atomic mass is 32.2. The van der Waals surface area contributed by atoms with Crippen LogP contribution < -0.4 is 5.43 Å². The number of carbonyl (C=O) groups is 2. The summed E-state index contributed by atoms with van der Waals surface area (Å²) in [6.07, 6.45) is 4.87. The van der Waals surface area contributed by atoms with Gasteiger partial charge in [-0.15, -0.1) is 0 Å². The fraction of sp³-hybridized carbons (Fsp3) is 0.0526. The van der Waals surface area contributed by atoms with Crippen molar-refractivity contribution in [3.63, 3.8) is 0 Å². The van der Waals surface area contributed by atoms with Crippen molar-refractivity contribution in [1.29, 1.82) is 0 Å². The Hall–Kier alpha value is -2.97. The van der Waals surface area contributed by atoms with Crippen molar-refractivity contribution in [2.45, 2.75) is 6.92 Å². The van der Waals surface area contributed by atoms with Crippen LogP contribution in [0.2, 0.25) is 0 Å². The molecule has 1 saturated heterocycles. The summed E-state index contributed by atoms with van der Waals surface area (Å²) < 4.78 is 5.38. The van der Waals surface area contributed by atoms with E-state index in [0.717, 1.165) is 33.2 Å². The SMILES string of the molecule is Cc1occc1C(=O)NN1C(=O)/C(=C/c2cccc3cccnc23)SC1=S. The Bertz CT molecular complexity index is 1110. The third-order valence-electron chi connectivity index (χ3n) is 4.06. The molecule has 1 fully saturated rings. The first-order chi connectivity index (χ1) is 13.0. The van der Waals surface area contributed by atoms with Gasteiger partial charge in [-0.2, -0.15) is 5.01 Å². The fourth-order valence-corrected chi connectivity index (χ4v) is 3.90. The second kappa shape index (κ2) is 6.98. The lowest BCUT2D eigenvalue weighted by atomic mass is 10.1. The van der Waals surface area contributed by atoms with E-state index in [2.05, 4.69) is 10.4 Å². The van der Waals surface area contributed by atoms with Gasteiger partial charge in [-0.05, 0) is 37.4 Å². The maximum atomic E-state index is 12.7. The minimum atomic E-state index is -0.453. The number of rotatable bonds is 3. The van der Waals surface area contributed by atoms with Gasteiger partial charge in [0.1, 0.15) is 5.76 Å². The molecule has 3 heterocycles.